The molecule has 8 heteroatoms. The molecule has 4 rings (SSSR count). The summed E-state index contributed by atoms with van der Waals surface area (Å²) >= 11 is 3.38. The van der Waals surface area contributed by atoms with E-state index in [1.165, 1.54) is 12.1 Å². The highest BCUT2D eigenvalue weighted by Gasteiger charge is 2.47. The van der Waals surface area contributed by atoms with Crippen LogP contribution in [-0.4, -0.2) is 47.8 Å². The van der Waals surface area contributed by atoms with Crippen LogP contribution in [0.25, 0.3) is 6.08 Å². The molecule has 0 saturated carbocycles. The SMILES string of the molecule is O=C(/C=C/c1ccc(Br)cc1)N1CCC2(CC1)CN(C(=O)c1ccc(C(F)(F)F)cc1)C2. The van der Waals surface area contributed by atoms with E-state index in [9.17, 15) is 22.8 Å². The molecule has 32 heavy (non-hydrogen) atoms. The molecule has 2 aliphatic rings. The van der Waals surface area contributed by atoms with Gasteiger partial charge in [-0.25, -0.2) is 0 Å². The second kappa shape index (κ2) is 8.73. The number of amides is 2. The summed E-state index contributed by atoms with van der Waals surface area (Å²) in [5, 5.41) is 0. The van der Waals surface area contributed by atoms with Crippen molar-refractivity contribution in [3.63, 3.8) is 0 Å². The minimum absolute atomic E-state index is 0.00618. The number of hydrogen-bond acceptors (Lipinski definition) is 2. The van der Waals surface area contributed by atoms with Crippen LogP contribution in [0.1, 0.15) is 34.3 Å². The molecular weight excluding hydrogens is 485 g/mol. The van der Waals surface area contributed by atoms with E-state index in [4.69, 9.17) is 0 Å². The van der Waals surface area contributed by atoms with Gasteiger partial charge in [0.05, 0.1) is 5.56 Å². The van der Waals surface area contributed by atoms with Gasteiger partial charge in [0.15, 0.2) is 0 Å². The monoisotopic (exact) mass is 506 g/mol. The Kier molecular flexibility index (Phi) is 6.16. The summed E-state index contributed by atoms with van der Waals surface area (Å²) in [6.45, 7) is 2.41. The van der Waals surface area contributed by atoms with Crippen molar-refractivity contribution in [3.8, 4) is 0 Å². The molecule has 168 valence electrons. The molecule has 1 spiro atoms. The lowest BCUT2D eigenvalue weighted by Gasteiger charge is -2.53. The van der Waals surface area contributed by atoms with Crippen molar-refractivity contribution in [1.29, 1.82) is 0 Å². The van der Waals surface area contributed by atoms with Crippen molar-refractivity contribution in [2.45, 2.75) is 19.0 Å². The van der Waals surface area contributed by atoms with Crippen molar-refractivity contribution >= 4 is 33.8 Å². The van der Waals surface area contributed by atoms with Crippen molar-refractivity contribution in [2.75, 3.05) is 26.2 Å². The number of piperidine rings is 1. The maximum atomic E-state index is 12.7. The second-order valence-corrected chi connectivity index (χ2v) is 9.36. The number of hydrogen-bond donors (Lipinski definition) is 0. The lowest BCUT2D eigenvalue weighted by atomic mass is 9.71. The van der Waals surface area contributed by atoms with Crippen molar-refractivity contribution in [2.24, 2.45) is 5.41 Å². The first-order chi connectivity index (χ1) is 15.2. The van der Waals surface area contributed by atoms with Gasteiger partial charge in [0, 0.05) is 47.7 Å². The van der Waals surface area contributed by atoms with Crippen LogP contribution < -0.4 is 0 Å². The molecule has 2 fully saturated rings. The molecule has 2 amide bonds. The molecule has 2 saturated heterocycles. The maximum absolute atomic E-state index is 12.7. The Balaban J connectivity index is 1.27. The van der Waals surface area contributed by atoms with Gasteiger partial charge in [0.1, 0.15) is 0 Å². The average Bonchev–Trinajstić information content (AvgIpc) is 2.76. The van der Waals surface area contributed by atoms with Crippen LogP contribution in [0.15, 0.2) is 59.1 Å². The predicted molar refractivity (Wildman–Crippen MR) is 119 cm³/mol. The summed E-state index contributed by atoms with van der Waals surface area (Å²) in [6, 6.07) is 12.0. The zero-order valence-electron chi connectivity index (χ0n) is 17.2. The van der Waals surface area contributed by atoms with E-state index in [1.54, 1.807) is 17.1 Å². The Hall–Kier alpha value is -2.61. The van der Waals surface area contributed by atoms with Gasteiger partial charge < -0.3 is 9.80 Å². The lowest BCUT2D eigenvalue weighted by molar-refractivity contribution is -0.137. The topological polar surface area (TPSA) is 40.6 Å². The molecule has 0 radical (unpaired) electrons. The molecule has 2 aliphatic heterocycles. The Morgan fingerprint density at radius 2 is 1.50 bits per heavy atom. The van der Waals surface area contributed by atoms with Gasteiger partial charge in [-0.2, -0.15) is 13.2 Å². The van der Waals surface area contributed by atoms with Crippen LogP contribution in [0.5, 0.6) is 0 Å². The zero-order valence-corrected chi connectivity index (χ0v) is 18.8. The summed E-state index contributed by atoms with van der Waals surface area (Å²) in [4.78, 5) is 28.6. The number of rotatable bonds is 3. The van der Waals surface area contributed by atoms with E-state index in [0.29, 0.717) is 26.2 Å². The average molecular weight is 507 g/mol. The van der Waals surface area contributed by atoms with Crippen LogP contribution >= 0.6 is 15.9 Å². The molecule has 2 aromatic carbocycles. The predicted octanol–water partition coefficient (Wildman–Crippen LogP) is 5.25. The summed E-state index contributed by atoms with van der Waals surface area (Å²) < 4.78 is 39.1. The smallest absolute Gasteiger partial charge is 0.339 e. The van der Waals surface area contributed by atoms with Crippen LogP contribution in [-0.2, 0) is 11.0 Å². The summed E-state index contributed by atoms with van der Waals surface area (Å²) in [7, 11) is 0. The van der Waals surface area contributed by atoms with Crippen molar-refractivity contribution < 1.29 is 22.8 Å². The van der Waals surface area contributed by atoms with Crippen LogP contribution in [0, 0.1) is 5.41 Å². The molecule has 4 nitrogen and oxygen atoms in total. The first kappa shape index (κ1) is 22.6. The third kappa shape index (κ3) is 4.90. The Morgan fingerprint density at radius 3 is 2.06 bits per heavy atom. The second-order valence-electron chi connectivity index (χ2n) is 8.45. The number of alkyl halides is 3. The number of likely N-dealkylation sites (tertiary alicyclic amines) is 2. The first-order valence-corrected chi connectivity index (χ1v) is 11.1. The summed E-state index contributed by atoms with van der Waals surface area (Å²) in [6.07, 6.45) is 0.583. The fraction of sp³-hybridized carbons (Fsp3) is 0.333. The number of halogens is 4. The van der Waals surface area contributed by atoms with Gasteiger partial charge in [-0.15, -0.1) is 0 Å². The quantitative estimate of drug-likeness (QED) is 0.533. The van der Waals surface area contributed by atoms with Crippen LogP contribution in [0.2, 0.25) is 0 Å². The van der Waals surface area contributed by atoms with Gasteiger partial charge in [0.2, 0.25) is 5.91 Å². The largest absolute Gasteiger partial charge is 0.416 e. The molecule has 0 atom stereocenters. The summed E-state index contributed by atoms with van der Waals surface area (Å²) in [5.41, 5.74) is 0.443. The number of benzene rings is 2. The van der Waals surface area contributed by atoms with E-state index in [2.05, 4.69) is 15.9 Å². The highest BCUT2D eigenvalue weighted by molar-refractivity contribution is 9.10. The van der Waals surface area contributed by atoms with E-state index in [-0.39, 0.29) is 22.8 Å². The van der Waals surface area contributed by atoms with Gasteiger partial charge >= 0.3 is 6.18 Å². The van der Waals surface area contributed by atoms with Gasteiger partial charge in [-0.1, -0.05) is 28.1 Å². The Labute approximate surface area is 192 Å². The van der Waals surface area contributed by atoms with Crippen LogP contribution in [0.3, 0.4) is 0 Å². The Bertz CT molecular complexity index is 1020. The van der Waals surface area contributed by atoms with Crippen molar-refractivity contribution in [3.05, 3.63) is 75.8 Å². The Morgan fingerprint density at radius 1 is 0.906 bits per heavy atom. The minimum Gasteiger partial charge on any atom is -0.339 e. The van der Waals surface area contributed by atoms with E-state index in [0.717, 1.165) is 35.0 Å². The fourth-order valence-electron chi connectivity index (χ4n) is 4.26. The third-order valence-electron chi connectivity index (χ3n) is 6.22. The zero-order chi connectivity index (χ0) is 22.9. The standard InChI is InChI=1S/C24H22BrF3N2O2/c25-20-8-1-17(2-9-20)3-10-21(31)29-13-11-23(12-14-29)15-30(16-23)22(32)18-4-6-19(7-5-18)24(26,27)28/h1-10H,11-16H2/b10-3+. The van der Waals surface area contributed by atoms with Crippen molar-refractivity contribution in [1.82, 2.24) is 9.80 Å². The molecule has 0 unspecified atom stereocenters. The lowest BCUT2D eigenvalue weighted by Crippen LogP contribution is -2.62. The molecule has 2 heterocycles. The number of carbonyl (C=O) groups is 2. The molecule has 0 bridgehead atoms. The van der Waals surface area contributed by atoms with Gasteiger partial charge in [-0.05, 0) is 60.9 Å². The van der Waals surface area contributed by atoms with E-state index in [1.807, 2.05) is 29.2 Å². The molecule has 0 N–H and O–H groups in total. The molecule has 0 aliphatic carbocycles. The number of carbonyl (C=O) groups excluding carboxylic acids is 2. The first-order valence-electron chi connectivity index (χ1n) is 10.3. The third-order valence-corrected chi connectivity index (χ3v) is 6.75. The highest BCUT2D eigenvalue weighted by Crippen LogP contribution is 2.41. The molecule has 2 aromatic rings. The van der Waals surface area contributed by atoms with Gasteiger partial charge in [0.25, 0.3) is 5.91 Å². The maximum Gasteiger partial charge on any atom is 0.416 e. The van der Waals surface area contributed by atoms with Crippen LogP contribution in [0.4, 0.5) is 13.2 Å². The minimum atomic E-state index is -4.42. The highest BCUT2D eigenvalue weighted by atomic mass is 79.9. The van der Waals surface area contributed by atoms with E-state index >= 15 is 0 Å². The summed E-state index contributed by atoms with van der Waals surface area (Å²) in [5.74, 6) is -0.278. The molecular formula is C24H22BrF3N2O2. The fourth-order valence-corrected chi connectivity index (χ4v) is 4.52. The normalized spacial score (nSPS) is 18.1. The van der Waals surface area contributed by atoms with E-state index < -0.39 is 11.7 Å². The van der Waals surface area contributed by atoms with Gasteiger partial charge in [-0.3, -0.25) is 9.59 Å². The number of nitrogens with zero attached hydrogens (tertiary/aromatic N) is 2. The molecule has 0 aromatic heterocycles.